The van der Waals surface area contributed by atoms with E-state index >= 15 is 0 Å². The summed E-state index contributed by atoms with van der Waals surface area (Å²) in [7, 11) is 0. The molecule has 0 bridgehead atoms. The van der Waals surface area contributed by atoms with Gasteiger partial charge >= 0.3 is 0 Å². The number of anilines is 1. The minimum Gasteiger partial charge on any atom is -0.376 e. The maximum atomic E-state index is 13.6. The summed E-state index contributed by atoms with van der Waals surface area (Å²) in [6, 6.07) is 17.7. The summed E-state index contributed by atoms with van der Waals surface area (Å²) in [6.07, 6.45) is 4.22. The maximum absolute atomic E-state index is 13.6. The molecule has 3 heterocycles. The second-order valence-corrected chi connectivity index (χ2v) is 9.74. The van der Waals surface area contributed by atoms with Gasteiger partial charge in [-0.05, 0) is 24.5 Å². The number of ketones is 1. The van der Waals surface area contributed by atoms with Gasteiger partial charge in [-0.25, -0.2) is 0 Å². The quantitative estimate of drug-likeness (QED) is 0.279. The number of rotatable bonds is 8. The first-order chi connectivity index (χ1) is 15.3. The summed E-state index contributed by atoms with van der Waals surface area (Å²) < 4.78 is 6.41. The van der Waals surface area contributed by atoms with Crippen molar-refractivity contribution in [3.05, 3.63) is 71.9 Å². The zero-order chi connectivity index (χ0) is 21.0. The van der Waals surface area contributed by atoms with Crippen molar-refractivity contribution in [3.8, 4) is 0 Å². The molecule has 5 rings (SSSR count). The Morgan fingerprint density at radius 2 is 2.03 bits per heavy atom. The SMILES string of the molecule is O=C(c1c[nH]c2ccccc12)[C@@H](Sc1nnc(NC[C@@H]2CCCO2)s1)c1ccccc1. The molecule has 2 aromatic carbocycles. The Morgan fingerprint density at radius 3 is 2.87 bits per heavy atom. The molecule has 1 aliphatic rings. The molecule has 8 heteroatoms. The van der Waals surface area contributed by atoms with E-state index in [4.69, 9.17) is 4.74 Å². The van der Waals surface area contributed by atoms with Crippen LogP contribution in [0.5, 0.6) is 0 Å². The molecule has 1 fully saturated rings. The average Bonchev–Trinajstić information content (AvgIpc) is 3.57. The second kappa shape index (κ2) is 9.21. The Hall–Kier alpha value is -2.68. The van der Waals surface area contributed by atoms with Gasteiger partial charge in [0.15, 0.2) is 10.1 Å². The van der Waals surface area contributed by atoms with Crippen molar-refractivity contribution >= 4 is 44.9 Å². The molecule has 0 amide bonds. The first kappa shape index (κ1) is 20.2. The molecule has 0 aliphatic carbocycles. The van der Waals surface area contributed by atoms with Gasteiger partial charge in [0, 0.05) is 35.8 Å². The van der Waals surface area contributed by atoms with E-state index in [1.54, 1.807) is 6.20 Å². The molecule has 0 spiro atoms. The van der Waals surface area contributed by atoms with Crippen molar-refractivity contribution in [1.82, 2.24) is 15.2 Å². The number of benzene rings is 2. The van der Waals surface area contributed by atoms with Crippen LogP contribution in [0, 0.1) is 0 Å². The summed E-state index contributed by atoms with van der Waals surface area (Å²) >= 11 is 2.92. The van der Waals surface area contributed by atoms with Crippen LogP contribution in [0.3, 0.4) is 0 Å². The monoisotopic (exact) mass is 450 g/mol. The molecule has 1 aliphatic heterocycles. The molecule has 0 unspecified atom stereocenters. The number of ether oxygens (including phenoxy) is 1. The molecular weight excluding hydrogens is 428 g/mol. The van der Waals surface area contributed by atoms with Crippen LogP contribution in [-0.2, 0) is 4.74 Å². The van der Waals surface area contributed by atoms with Gasteiger partial charge < -0.3 is 15.0 Å². The van der Waals surface area contributed by atoms with E-state index in [9.17, 15) is 4.79 Å². The van der Waals surface area contributed by atoms with Crippen molar-refractivity contribution in [2.24, 2.45) is 0 Å². The van der Waals surface area contributed by atoms with E-state index < -0.39 is 5.25 Å². The summed E-state index contributed by atoms with van der Waals surface area (Å²) in [5.41, 5.74) is 2.60. The van der Waals surface area contributed by atoms with Crippen molar-refractivity contribution in [2.45, 2.75) is 28.5 Å². The van der Waals surface area contributed by atoms with Crippen molar-refractivity contribution in [2.75, 3.05) is 18.5 Å². The number of aromatic amines is 1. The lowest BCUT2D eigenvalue weighted by Gasteiger charge is -2.14. The van der Waals surface area contributed by atoms with Gasteiger partial charge in [-0.2, -0.15) is 0 Å². The van der Waals surface area contributed by atoms with Crippen LogP contribution in [0.25, 0.3) is 10.9 Å². The fraction of sp³-hybridized carbons (Fsp3) is 0.261. The molecule has 1 saturated heterocycles. The van der Waals surface area contributed by atoms with E-state index in [1.807, 2.05) is 54.6 Å². The number of Topliss-reactive ketones (excluding diaryl/α,β-unsaturated/α-hetero) is 1. The lowest BCUT2D eigenvalue weighted by Crippen LogP contribution is -2.18. The van der Waals surface area contributed by atoms with Crippen molar-refractivity contribution < 1.29 is 9.53 Å². The average molecular weight is 451 g/mol. The Bertz CT molecular complexity index is 1170. The fourth-order valence-electron chi connectivity index (χ4n) is 3.75. The van der Waals surface area contributed by atoms with Crippen molar-refractivity contribution in [1.29, 1.82) is 0 Å². The molecule has 6 nitrogen and oxygen atoms in total. The molecule has 0 radical (unpaired) electrons. The molecule has 2 aromatic heterocycles. The van der Waals surface area contributed by atoms with Crippen LogP contribution in [0.2, 0.25) is 0 Å². The van der Waals surface area contributed by atoms with Crippen LogP contribution >= 0.6 is 23.1 Å². The van der Waals surface area contributed by atoms with E-state index in [2.05, 4.69) is 20.5 Å². The highest BCUT2D eigenvalue weighted by Crippen LogP contribution is 2.40. The Kier molecular flexibility index (Phi) is 6.01. The Balaban J connectivity index is 1.38. The Labute approximate surface area is 188 Å². The van der Waals surface area contributed by atoms with Crippen molar-refractivity contribution in [3.63, 3.8) is 0 Å². The van der Waals surface area contributed by atoms with E-state index in [1.165, 1.54) is 23.1 Å². The third-order valence-electron chi connectivity index (χ3n) is 5.33. The van der Waals surface area contributed by atoms with Gasteiger partial charge in [-0.3, -0.25) is 4.79 Å². The maximum Gasteiger partial charge on any atom is 0.206 e. The van der Waals surface area contributed by atoms with Gasteiger partial charge in [0.2, 0.25) is 5.13 Å². The first-order valence-corrected chi connectivity index (χ1v) is 12.0. The first-order valence-electron chi connectivity index (χ1n) is 10.3. The number of nitrogens with zero attached hydrogens (tertiary/aromatic N) is 2. The number of carbonyl (C=O) groups excluding carboxylic acids is 1. The highest BCUT2D eigenvalue weighted by Gasteiger charge is 2.27. The largest absolute Gasteiger partial charge is 0.376 e. The topological polar surface area (TPSA) is 79.9 Å². The van der Waals surface area contributed by atoms with Gasteiger partial charge in [0.05, 0.1) is 6.10 Å². The number of hydrogen-bond acceptors (Lipinski definition) is 7. The molecule has 31 heavy (non-hydrogen) atoms. The fourth-order valence-corrected chi connectivity index (χ4v) is 5.77. The number of thioether (sulfide) groups is 1. The Morgan fingerprint density at radius 1 is 1.19 bits per heavy atom. The number of fused-ring (bicyclic) bond motifs is 1. The zero-order valence-electron chi connectivity index (χ0n) is 16.8. The van der Waals surface area contributed by atoms with Crippen LogP contribution in [0.4, 0.5) is 5.13 Å². The van der Waals surface area contributed by atoms with Crippen LogP contribution in [0.1, 0.15) is 34.0 Å². The molecular formula is C23H22N4O2S2. The van der Waals surface area contributed by atoms with Gasteiger partial charge in [0.25, 0.3) is 0 Å². The number of carbonyl (C=O) groups is 1. The molecule has 2 atom stereocenters. The standard InChI is InChI=1S/C23H22N4O2S2/c28-20(18-14-24-19-11-5-4-10-17(18)19)21(15-7-2-1-3-8-15)30-23-27-26-22(31-23)25-13-16-9-6-12-29-16/h1-5,7-8,10-11,14,16,21,24H,6,9,12-13H2,(H,25,26)/t16-,21-/m0/s1. The predicted octanol–water partition coefficient (Wildman–Crippen LogP) is 5.33. The van der Waals surface area contributed by atoms with E-state index in [0.29, 0.717) is 5.56 Å². The van der Waals surface area contributed by atoms with E-state index in [0.717, 1.165) is 51.9 Å². The molecule has 2 N–H and O–H groups in total. The number of nitrogens with one attached hydrogen (secondary N) is 2. The number of para-hydroxylation sites is 1. The molecule has 4 aromatic rings. The second-order valence-electron chi connectivity index (χ2n) is 7.41. The van der Waals surface area contributed by atoms with E-state index in [-0.39, 0.29) is 11.9 Å². The van der Waals surface area contributed by atoms with Gasteiger partial charge in [0.1, 0.15) is 5.25 Å². The summed E-state index contributed by atoms with van der Waals surface area (Å²) in [6.45, 7) is 1.56. The number of aromatic nitrogens is 3. The summed E-state index contributed by atoms with van der Waals surface area (Å²) in [5, 5.41) is 13.2. The predicted molar refractivity (Wildman–Crippen MR) is 125 cm³/mol. The number of H-pyrrole nitrogens is 1. The third kappa shape index (κ3) is 4.51. The lowest BCUT2D eigenvalue weighted by atomic mass is 10.0. The van der Waals surface area contributed by atoms with Gasteiger partial charge in [-0.1, -0.05) is 71.6 Å². The summed E-state index contributed by atoms with van der Waals surface area (Å²) in [4.78, 5) is 16.8. The lowest BCUT2D eigenvalue weighted by molar-refractivity contribution is 0.0991. The highest BCUT2D eigenvalue weighted by atomic mass is 32.2. The minimum absolute atomic E-state index is 0.0534. The van der Waals surface area contributed by atoms with Crippen LogP contribution < -0.4 is 5.32 Å². The summed E-state index contributed by atoms with van der Waals surface area (Å²) in [5.74, 6) is 0.0534. The molecule has 158 valence electrons. The van der Waals surface area contributed by atoms with Crippen LogP contribution in [-0.4, -0.2) is 40.2 Å². The van der Waals surface area contributed by atoms with Gasteiger partial charge in [-0.15, -0.1) is 10.2 Å². The smallest absolute Gasteiger partial charge is 0.206 e. The minimum atomic E-state index is -0.403. The number of hydrogen-bond donors (Lipinski definition) is 2. The zero-order valence-corrected chi connectivity index (χ0v) is 18.4. The molecule has 0 saturated carbocycles. The normalized spacial score (nSPS) is 17.1. The third-order valence-corrected chi connectivity index (χ3v) is 7.54. The van der Waals surface area contributed by atoms with Crippen LogP contribution in [0.15, 0.2) is 65.1 Å². The highest BCUT2D eigenvalue weighted by molar-refractivity contribution is 8.02.